The third-order valence-corrected chi connectivity index (χ3v) is 8.10. The Balaban J connectivity index is 1.65. The first-order valence-corrected chi connectivity index (χ1v) is 13.9. The highest BCUT2D eigenvalue weighted by Crippen LogP contribution is 2.28. The molecular weight excluding hydrogens is 517 g/mol. The lowest BCUT2D eigenvalue weighted by atomic mass is 10.1. The molecule has 1 unspecified atom stereocenters. The van der Waals surface area contributed by atoms with Crippen molar-refractivity contribution in [2.75, 3.05) is 0 Å². The van der Waals surface area contributed by atoms with Crippen LogP contribution in [0.3, 0.4) is 0 Å². The van der Waals surface area contributed by atoms with Crippen molar-refractivity contribution in [1.29, 1.82) is 0 Å². The van der Waals surface area contributed by atoms with E-state index in [1.165, 1.54) is 61.5 Å². The van der Waals surface area contributed by atoms with E-state index in [-0.39, 0.29) is 31.8 Å². The van der Waals surface area contributed by atoms with Crippen LogP contribution < -0.4 is 9.50 Å². The van der Waals surface area contributed by atoms with Crippen LogP contribution in [0.15, 0.2) is 57.6 Å². The van der Waals surface area contributed by atoms with E-state index in [0.717, 1.165) is 19.3 Å². The zero-order valence-electron chi connectivity index (χ0n) is 18.5. The Labute approximate surface area is 214 Å². The normalized spacial score (nSPS) is 17.4. The van der Waals surface area contributed by atoms with Gasteiger partial charge in [0.15, 0.2) is 10.9 Å². The minimum absolute atomic E-state index is 0.0640. The maximum atomic E-state index is 12.7. The molecule has 1 N–H and O–H groups in total. The number of hydrogen-bond donors (Lipinski definition) is 1. The molecule has 34 heavy (non-hydrogen) atoms. The highest BCUT2D eigenvalue weighted by molar-refractivity contribution is 8.15. The smallest absolute Gasteiger partial charge is 0.339 e. The van der Waals surface area contributed by atoms with Gasteiger partial charge in [-0.1, -0.05) is 86.1 Å². The summed E-state index contributed by atoms with van der Waals surface area (Å²) in [5, 5.41) is 11.4. The number of thioether (sulfide) groups is 1. The Kier molecular flexibility index (Phi) is 9.82. The SMILES string of the molecule is CCCCCCCC1S/C(=N/N=C/c2ccccc2OS(=O)(=O)c2ccc(Cl)c(Cl)c2)NC1=O. The van der Waals surface area contributed by atoms with Crippen LogP contribution in [0, 0.1) is 0 Å². The molecule has 1 saturated heterocycles. The van der Waals surface area contributed by atoms with Crippen LogP contribution in [-0.2, 0) is 14.9 Å². The summed E-state index contributed by atoms with van der Waals surface area (Å²) in [4.78, 5) is 12.0. The molecule has 1 fully saturated rings. The Morgan fingerprint density at radius 2 is 1.85 bits per heavy atom. The molecule has 0 aromatic heterocycles. The second-order valence-corrected chi connectivity index (χ2v) is 11.2. The molecule has 1 aliphatic heterocycles. The van der Waals surface area contributed by atoms with Gasteiger partial charge in [0.2, 0.25) is 5.91 Å². The van der Waals surface area contributed by atoms with Gasteiger partial charge in [0.25, 0.3) is 0 Å². The van der Waals surface area contributed by atoms with Crippen molar-refractivity contribution < 1.29 is 17.4 Å². The van der Waals surface area contributed by atoms with Crippen LogP contribution in [0.5, 0.6) is 5.75 Å². The summed E-state index contributed by atoms with van der Waals surface area (Å²) in [5.41, 5.74) is 0.400. The maximum absolute atomic E-state index is 12.7. The summed E-state index contributed by atoms with van der Waals surface area (Å²) >= 11 is 13.2. The second kappa shape index (κ2) is 12.6. The lowest BCUT2D eigenvalue weighted by Crippen LogP contribution is -2.24. The van der Waals surface area contributed by atoms with E-state index in [2.05, 4.69) is 22.4 Å². The molecule has 0 radical (unpaired) electrons. The largest absolute Gasteiger partial charge is 0.378 e. The number of benzene rings is 2. The Bertz CT molecular complexity index is 1190. The molecule has 1 amide bonds. The molecule has 0 aliphatic carbocycles. The van der Waals surface area contributed by atoms with Gasteiger partial charge >= 0.3 is 10.1 Å². The number of amides is 1. The summed E-state index contributed by atoms with van der Waals surface area (Å²) in [6.45, 7) is 2.17. The fourth-order valence-corrected chi connectivity index (χ4v) is 5.50. The van der Waals surface area contributed by atoms with E-state index in [4.69, 9.17) is 27.4 Å². The molecule has 2 aromatic carbocycles. The highest BCUT2D eigenvalue weighted by atomic mass is 35.5. The topological polar surface area (TPSA) is 97.2 Å². The van der Waals surface area contributed by atoms with Crippen molar-refractivity contribution in [2.24, 2.45) is 10.2 Å². The number of nitrogens with one attached hydrogen (secondary N) is 1. The number of nitrogens with zero attached hydrogens (tertiary/aromatic N) is 2. The van der Waals surface area contributed by atoms with Crippen LogP contribution in [0.4, 0.5) is 0 Å². The first-order valence-electron chi connectivity index (χ1n) is 10.9. The number of rotatable bonds is 11. The monoisotopic (exact) mass is 541 g/mol. The molecule has 1 heterocycles. The summed E-state index contributed by atoms with van der Waals surface area (Å²) in [6, 6.07) is 10.4. The predicted octanol–water partition coefficient (Wildman–Crippen LogP) is 6.04. The number of hydrogen-bond acceptors (Lipinski definition) is 7. The highest BCUT2D eigenvalue weighted by Gasteiger charge is 2.29. The summed E-state index contributed by atoms with van der Waals surface area (Å²) in [5.74, 6) is 0.0106. The molecule has 1 aliphatic rings. The third-order valence-electron chi connectivity index (χ3n) is 4.99. The molecule has 11 heteroatoms. The van der Waals surface area contributed by atoms with Crippen molar-refractivity contribution in [3.8, 4) is 5.75 Å². The maximum Gasteiger partial charge on any atom is 0.339 e. The van der Waals surface area contributed by atoms with Gasteiger partial charge in [-0.15, -0.1) is 5.10 Å². The second-order valence-electron chi connectivity index (χ2n) is 7.60. The van der Waals surface area contributed by atoms with E-state index < -0.39 is 10.1 Å². The summed E-state index contributed by atoms with van der Waals surface area (Å²) < 4.78 is 30.6. The lowest BCUT2D eigenvalue weighted by Gasteiger charge is -2.09. The standard InChI is InChI=1S/C23H25Cl2N3O4S2/c1-2-3-4-5-6-11-21-22(29)27-23(33-21)28-26-15-16-9-7-8-10-20(16)32-34(30,31)17-12-13-18(24)19(25)14-17/h7-10,12-15,21H,2-6,11H2,1H3,(H,27,28,29)/b26-15+. The van der Waals surface area contributed by atoms with E-state index in [0.29, 0.717) is 10.7 Å². The summed E-state index contributed by atoms with van der Waals surface area (Å²) in [6.07, 6.45) is 7.87. The van der Waals surface area contributed by atoms with Gasteiger partial charge in [0, 0.05) is 5.56 Å². The molecule has 0 spiro atoms. The van der Waals surface area contributed by atoms with Gasteiger partial charge in [-0.2, -0.15) is 13.5 Å². The van der Waals surface area contributed by atoms with Gasteiger partial charge < -0.3 is 9.50 Å². The van der Waals surface area contributed by atoms with Gasteiger partial charge in [-0.05, 0) is 36.8 Å². The van der Waals surface area contributed by atoms with Crippen LogP contribution in [0.1, 0.15) is 51.0 Å². The van der Waals surface area contributed by atoms with Gasteiger partial charge in [0.05, 0.1) is 21.5 Å². The van der Waals surface area contributed by atoms with Crippen LogP contribution in [0.2, 0.25) is 10.0 Å². The van der Waals surface area contributed by atoms with Crippen molar-refractivity contribution in [3.63, 3.8) is 0 Å². The van der Waals surface area contributed by atoms with Gasteiger partial charge in [0.1, 0.15) is 4.90 Å². The number of halogens is 2. The average Bonchev–Trinajstić information content (AvgIpc) is 3.15. The molecule has 7 nitrogen and oxygen atoms in total. The third kappa shape index (κ3) is 7.46. The zero-order valence-corrected chi connectivity index (χ0v) is 21.7. The fraction of sp³-hybridized carbons (Fsp3) is 0.348. The lowest BCUT2D eigenvalue weighted by molar-refractivity contribution is -0.118. The first kappa shape index (κ1) is 26.5. The van der Waals surface area contributed by atoms with E-state index in [1.807, 2.05) is 0 Å². The molecule has 1 atom stereocenters. The van der Waals surface area contributed by atoms with Gasteiger partial charge in [-0.25, -0.2) is 0 Å². The van der Waals surface area contributed by atoms with E-state index in [1.54, 1.807) is 18.2 Å². The van der Waals surface area contributed by atoms with Crippen molar-refractivity contribution in [3.05, 3.63) is 58.1 Å². The number of para-hydroxylation sites is 1. The molecule has 3 rings (SSSR count). The number of unbranched alkanes of at least 4 members (excludes halogenated alkanes) is 4. The zero-order chi connectivity index (χ0) is 24.6. The number of carbonyl (C=O) groups excluding carboxylic acids is 1. The number of carbonyl (C=O) groups is 1. The van der Waals surface area contributed by atoms with Crippen molar-refractivity contribution >= 4 is 62.4 Å². The minimum atomic E-state index is -4.15. The van der Waals surface area contributed by atoms with E-state index >= 15 is 0 Å². The Morgan fingerprint density at radius 1 is 1.09 bits per heavy atom. The molecule has 0 saturated carbocycles. The number of amidine groups is 1. The van der Waals surface area contributed by atoms with Crippen molar-refractivity contribution in [1.82, 2.24) is 5.32 Å². The Morgan fingerprint density at radius 3 is 2.62 bits per heavy atom. The quantitative estimate of drug-likeness (QED) is 0.162. The van der Waals surface area contributed by atoms with Crippen molar-refractivity contribution in [2.45, 2.75) is 55.6 Å². The molecule has 182 valence electrons. The van der Waals surface area contributed by atoms with Crippen LogP contribution in [-0.4, -0.2) is 31.0 Å². The van der Waals surface area contributed by atoms with Crippen LogP contribution in [0.25, 0.3) is 0 Å². The van der Waals surface area contributed by atoms with E-state index in [9.17, 15) is 13.2 Å². The molecular formula is C23H25Cl2N3O4S2. The predicted molar refractivity (Wildman–Crippen MR) is 139 cm³/mol. The molecule has 0 bridgehead atoms. The minimum Gasteiger partial charge on any atom is -0.378 e. The summed E-state index contributed by atoms with van der Waals surface area (Å²) in [7, 11) is -4.15. The Hall–Kier alpha value is -2.07. The fourth-order valence-electron chi connectivity index (χ4n) is 3.18. The van der Waals surface area contributed by atoms with Gasteiger partial charge in [-0.3, -0.25) is 4.79 Å². The van der Waals surface area contributed by atoms with Crippen LogP contribution >= 0.6 is 35.0 Å². The average molecular weight is 543 g/mol. The first-order chi connectivity index (χ1) is 16.3. The molecule has 2 aromatic rings.